The van der Waals surface area contributed by atoms with E-state index in [1.54, 1.807) is 19.1 Å². The number of nitrogens with one attached hydrogen (secondary N) is 1. The lowest BCUT2D eigenvalue weighted by molar-refractivity contribution is -0.119. The molecular formula is C14H20N2O. The van der Waals surface area contributed by atoms with E-state index in [0.29, 0.717) is 5.92 Å². The van der Waals surface area contributed by atoms with Crippen LogP contribution in [0.5, 0.6) is 0 Å². The third kappa shape index (κ3) is 4.83. The maximum atomic E-state index is 11.4. The van der Waals surface area contributed by atoms with Gasteiger partial charge < -0.3 is 0 Å². The van der Waals surface area contributed by atoms with Crippen LogP contribution in [0.1, 0.15) is 30.9 Å². The first kappa shape index (κ1) is 13.5. The summed E-state index contributed by atoms with van der Waals surface area (Å²) in [6.45, 7) is 4.32. The van der Waals surface area contributed by atoms with E-state index in [9.17, 15) is 4.79 Å². The van der Waals surface area contributed by atoms with E-state index in [4.69, 9.17) is 0 Å². The molecule has 0 atom stereocenters. The summed E-state index contributed by atoms with van der Waals surface area (Å²) in [5.41, 5.74) is 4.99. The number of carbonyl (C=O) groups excluding carboxylic acids is 1. The zero-order valence-corrected chi connectivity index (χ0v) is 10.9. The Kier molecular flexibility index (Phi) is 4.91. The molecule has 0 aliphatic carbocycles. The van der Waals surface area contributed by atoms with Gasteiger partial charge in [-0.15, -0.1) is 0 Å². The zero-order chi connectivity index (χ0) is 12.8. The Hall–Kier alpha value is -1.61. The van der Waals surface area contributed by atoms with Gasteiger partial charge in [0.2, 0.25) is 0 Å². The molecule has 3 heteroatoms. The topological polar surface area (TPSA) is 32.3 Å². The Morgan fingerprint density at radius 1 is 1.24 bits per heavy atom. The van der Waals surface area contributed by atoms with Crippen LogP contribution in [0.2, 0.25) is 0 Å². The first-order chi connectivity index (χ1) is 7.99. The summed E-state index contributed by atoms with van der Waals surface area (Å²) in [6, 6.07) is 8.23. The fourth-order valence-corrected chi connectivity index (χ4v) is 1.42. The van der Waals surface area contributed by atoms with Crippen molar-refractivity contribution >= 4 is 12.0 Å². The van der Waals surface area contributed by atoms with Crippen molar-refractivity contribution in [3.63, 3.8) is 0 Å². The van der Waals surface area contributed by atoms with Gasteiger partial charge in [0.05, 0.1) is 0 Å². The standard InChI is InChI=1S/C14H20N2O/c1-11(2)13-8-5-12(6-9-13)7-10-14(17)15-16(3)4/h5-11H,1-4H3,(H,15,17)/b10-7+. The Balaban J connectivity index is 2.63. The van der Waals surface area contributed by atoms with Gasteiger partial charge in [0, 0.05) is 20.2 Å². The van der Waals surface area contributed by atoms with Crippen LogP contribution >= 0.6 is 0 Å². The highest BCUT2D eigenvalue weighted by Gasteiger charge is 1.98. The molecule has 0 fully saturated rings. The number of amides is 1. The van der Waals surface area contributed by atoms with Crippen LogP contribution in [0.4, 0.5) is 0 Å². The van der Waals surface area contributed by atoms with Crippen LogP contribution < -0.4 is 5.43 Å². The van der Waals surface area contributed by atoms with E-state index in [2.05, 4.69) is 31.4 Å². The average Bonchev–Trinajstić information content (AvgIpc) is 2.26. The minimum absolute atomic E-state index is 0.122. The molecule has 1 N–H and O–H groups in total. The molecule has 0 saturated carbocycles. The van der Waals surface area contributed by atoms with E-state index in [-0.39, 0.29) is 5.91 Å². The number of nitrogens with zero attached hydrogens (tertiary/aromatic N) is 1. The van der Waals surface area contributed by atoms with Crippen molar-refractivity contribution in [1.82, 2.24) is 10.4 Å². The molecule has 1 aromatic carbocycles. The first-order valence-electron chi connectivity index (χ1n) is 5.75. The van der Waals surface area contributed by atoms with Gasteiger partial charge in [-0.05, 0) is 23.1 Å². The smallest absolute Gasteiger partial charge is 0.258 e. The molecule has 0 aliphatic heterocycles. The summed E-state index contributed by atoms with van der Waals surface area (Å²) >= 11 is 0. The van der Waals surface area contributed by atoms with Crippen LogP contribution in [0.3, 0.4) is 0 Å². The maximum Gasteiger partial charge on any atom is 0.258 e. The molecule has 92 valence electrons. The van der Waals surface area contributed by atoms with Gasteiger partial charge in [-0.2, -0.15) is 0 Å². The van der Waals surface area contributed by atoms with E-state index in [0.717, 1.165) is 5.56 Å². The molecule has 0 spiro atoms. The molecular weight excluding hydrogens is 212 g/mol. The Bertz CT molecular complexity index is 391. The highest BCUT2D eigenvalue weighted by atomic mass is 16.2. The van der Waals surface area contributed by atoms with E-state index >= 15 is 0 Å². The number of hydrogen-bond donors (Lipinski definition) is 1. The predicted molar refractivity (Wildman–Crippen MR) is 71.4 cm³/mol. The SMILES string of the molecule is CC(C)c1ccc(/C=C/C(=O)NN(C)C)cc1. The maximum absolute atomic E-state index is 11.4. The van der Waals surface area contributed by atoms with Gasteiger partial charge >= 0.3 is 0 Å². The van der Waals surface area contributed by atoms with Crippen molar-refractivity contribution in [2.45, 2.75) is 19.8 Å². The average molecular weight is 232 g/mol. The summed E-state index contributed by atoms with van der Waals surface area (Å²) < 4.78 is 0. The Labute approximate surface area is 103 Å². The fraction of sp³-hybridized carbons (Fsp3) is 0.357. The monoisotopic (exact) mass is 232 g/mol. The Morgan fingerprint density at radius 2 is 1.82 bits per heavy atom. The molecule has 1 rings (SSSR count). The van der Waals surface area contributed by atoms with E-state index < -0.39 is 0 Å². The lowest BCUT2D eigenvalue weighted by Crippen LogP contribution is -2.34. The predicted octanol–water partition coefficient (Wildman–Crippen LogP) is 2.42. The van der Waals surface area contributed by atoms with E-state index in [1.807, 2.05) is 18.2 Å². The van der Waals surface area contributed by atoms with Crippen molar-refractivity contribution in [2.75, 3.05) is 14.1 Å². The molecule has 0 saturated heterocycles. The molecule has 1 amide bonds. The lowest BCUT2D eigenvalue weighted by atomic mass is 10.0. The van der Waals surface area contributed by atoms with Crippen molar-refractivity contribution in [2.24, 2.45) is 0 Å². The minimum Gasteiger partial charge on any atom is -0.286 e. The summed E-state index contributed by atoms with van der Waals surface area (Å²) in [7, 11) is 3.56. The van der Waals surface area contributed by atoms with Crippen LogP contribution in [0.15, 0.2) is 30.3 Å². The quantitative estimate of drug-likeness (QED) is 0.638. The summed E-state index contributed by atoms with van der Waals surface area (Å²) in [5, 5.41) is 1.62. The highest BCUT2D eigenvalue weighted by Crippen LogP contribution is 2.15. The summed E-state index contributed by atoms with van der Waals surface area (Å²) in [5.74, 6) is 0.410. The molecule has 0 heterocycles. The molecule has 0 unspecified atom stereocenters. The largest absolute Gasteiger partial charge is 0.286 e. The Morgan fingerprint density at radius 3 is 2.29 bits per heavy atom. The molecule has 17 heavy (non-hydrogen) atoms. The van der Waals surface area contributed by atoms with Crippen LogP contribution in [0, 0.1) is 0 Å². The normalized spacial score (nSPS) is 11.4. The molecule has 3 nitrogen and oxygen atoms in total. The highest BCUT2D eigenvalue weighted by molar-refractivity contribution is 5.91. The van der Waals surface area contributed by atoms with Gasteiger partial charge in [-0.3, -0.25) is 10.2 Å². The number of benzene rings is 1. The molecule has 1 aromatic rings. The second-order valence-electron chi connectivity index (χ2n) is 4.53. The fourth-order valence-electron chi connectivity index (χ4n) is 1.42. The van der Waals surface area contributed by atoms with Crippen LogP contribution in [-0.2, 0) is 4.79 Å². The van der Waals surface area contributed by atoms with Gasteiger partial charge in [0.15, 0.2) is 0 Å². The third-order valence-electron chi connectivity index (χ3n) is 2.36. The first-order valence-corrected chi connectivity index (χ1v) is 5.75. The second-order valence-corrected chi connectivity index (χ2v) is 4.53. The molecule has 0 bridgehead atoms. The minimum atomic E-state index is -0.122. The van der Waals surface area contributed by atoms with Crippen LogP contribution in [-0.4, -0.2) is 25.0 Å². The van der Waals surface area contributed by atoms with E-state index in [1.165, 1.54) is 11.6 Å². The van der Waals surface area contributed by atoms with Crippen molar-refractivity contribution < 1.29 is 4.79 Å². The van der Waals surface area contributed by atoms with Crippen molar-refractivity contribution in [3.05, 3.63) is 41.5 Å². The second kappa shape index (κ2) is 6.21. The number of hydrogen-bond acceptors (Lipinski definition) is 2. The van der Waals surface area contributed by atoms with Gasteiger partial charge in [-0.25, -0.2) is 5.01 Å². The summed E-state index contributed by atoms with van der Waals surface area (Å²) in [4.78, 5) is 11.4. The van der Waals surface area contributed by atoms with Gasteiger partial charge in [0.1, 0.15) is 0 Å². The number of rotatable bonds is 4. The summed E-state index contributed by atoms with van der Waals surface area (Å²) in [6.07, 6.45) is 3.34. The number of hydrazine groups is 1. The molecule has 0 radical (unpaired) electrons. The molecule has 0 aliphatic rings. The van der Waals surface area contributed by atoms with Gasteiger partial charge in [-0.1, -0.05) is 38.1 Å². The lowest BCUT2D eigenvalue weighted by Gasteiger charge is -2.09. The zero-order valence-electron chi connectivity index (χ0n) is 10.9. The van der Waals surface area contributed by atoms with Crippen LogP contribution in [0.25, 0.3) is 6.08 Å². The van der Waals surface area contributed by atoms with Crippen molar-refractivity contribution in [3.8, 4) is 0 Å². The van der Waals surface area contributed by atoms with Crippen molar-refractivity contribution in [1.29, 1.82) is 0 Å². The number of carbonyl (C=O) groups is 1. The molecule has 0 aromatic heterocycles. The van der Waals surface area contributed by atoms with Gasteiger partial charge in [0.25, 0.3) is 5.91 Å². The third-order valence-corrected chi connectivity index (χ3v) is 2.36.